The number of aromatic nitrogens is 2. The van der Waals surface area contributed by atoms with Gasteiger partial charge >= 0.3 is 5.97 Å². The Bertz CT molecular complexity index is 469. The number of H-pyrrole nitrogens is 1. The number of rotatable bonds is 1. The van der Waals surface area contributed by atoms with Crippen molar-refractivity contribution in [2.75, 3.05) is 0 Å². The van der Waals surface area contributed by atoms with Gasteiger partial charge in [-0.3, -0.25) is 4.79 Å². The summed E-state index contributed by atoms with van der Waals surface area (Å²) in [5, 5.41) is 6.04. The monoisotopic (exact) mass is 224 g/mol. The molecular formula is C11H16N2O3. The molecule has 0 saturated heterocycles. The van der Waals surface area contributed by atoms with Gasteiger partial charge in [0, 0.05) is 0 Å². The van der Waals surface area contributed by atoms with E-state index in [-0.39, 0.29) is 5.56 Å². The minimum Gasteiger partial charge on any atom is -0.456 e. The third-order valence-electron chi connectivity index (χ3n) is 2.07. The Labute approximate surface area is 93.8 Å². The molecule has 0 aromatic carbocycles. The number of carbonyl (C=O) groups is 1. The van der Waals surface area contributed by atoms with Gasteiger partial charge in [-0.2, -0.15) is 5.10 Å². The molecule has 0 aliphatic carbocycles. The Morgan fingerprint density at radius 2 is 1.88 bits per heavy atom. The molecule has 88 valence electrons. The quantitative estimate of drug-likeness (QED) is 0.731. The summed E-state index contributed by atoms with van der Waals surface area (Å²) >= 11 is 0. The fraction of sp³-hybridized carbons (Fsp3) is 0.545. The van der Waals surface area contributed by atoms with Gasteiger partial charge in [0.15, 0.2) is 0 Å². The molecule has 1 aromatic rings. The maximum absolute atomic E-state index is 11.8. The van der Waals surface area contributed by atoms with E-state index in [1.54, 1.807) is 34.6 Å². The molecule has 0 amide bonds. The Morgan fingerprint density at radius 1 is 1.31 bits per heavy atom. The van der Waals surface area contributed by atoms with Crippen molar-refractivity contribution in [1.29, 1.82) is 0 Å². The van der Waals surface area contributed by atoms with Crippen molar-refractivity contribution in [3.05, 3.63) is 27.2 Å². The van der Waals surface area contributed by atoms with Crippen LogP contribution in [0.4, 0.5) is 0 Å². The van der Waals surface area contributed by atoms with E-state index in [0.717, 1.165) is 0 Å². The van der Waals surface area contributed by atoms with Crippen LogP contribution in [0.2, 0.25) is 0 Å². The molecule has 0 bridgehead atoms. The summed E-state index contributed by atoms with van der Waals surface area (Å²) in [7, 11) is 0. The predicted molar refractivity (Wildman–Crippen MR) is 59.5 cm³/mol. The smallest absolute Gasteiger partial charge is 0.344 e. The SMILES string of the molecule is Cc1n[nH]c(=O)c(C(=O)OC(C)(C)C)c1C. The molecule has 0 radical (unpaired) electrons. The van der Waals surface area contributed by atoms with Crippen molar-refractivity contribution < 1.29 is 9.53 Å². The molecule has 0 aliphatic rings. The zero-order chi connectivity index (χ0) is 12.5. The van der Waals surface area contributed by atoms with Crippen LogP contribution in [-0.2, 0) is 4.74 Å². The lowest BCUT2D eigenvalue weighted by Gasteiger charge is -2.19. The lowest BCUT2D eigenvalue weighted by Crippen LogP contribution is -2.30. The van der Waals surface area contributed by atoms with Gasteiger partial charge in [-0.15, -0.1) is 0 Å². The van der Waals surface area contributed by atoms with Crippen LogP contribution < -0.4 is 5.56 Å². The first kappa shape index (κ1) is 12.4. The molecule has 0 aliphatic heterocycles. The third kappa shape index (κ3) is 2.68. The third-order valence-corrected chi connectivity index (χ3v) is 2.07. The molecule has 0 atom stereocenters. The highest BCUT2D eigenvalue weighted by molar-refractivity contribution is 5.90. The van der Waals surface area contributed by atoms with Crippen LogP contribution in [0.15, 0.2) is 4.79 Å². The largest absolute Gasteiger partial charge is 0.456 e. The first-order chi connectivity index (χ1) is 7.22. The van der Waals surface area contributed by atoms with Crippen molar-refractivity contribution in [3.63, 3.8) is 0 Å². The lowest BCUT2D eigenvalue weighted by molar-refractivity contribution is 0.00662. The summed E-state index contributed by atoms with van der Waals surface area (Å²) in [6.45, 7) is 8.66. The lowest BCUT2D eigenvalue weighted by atomic mass is 10.1. The summed E-state index contributed by atoms with van der Waals surface area (Å²) in [5.41, 5.74) is 0.0610. The van der Waals surface area contributed by atoms with E-state index in [0.29, 0.717) is 11.3 Å². The van der Waals surface area contributed by atoms with Gasteiger partial charge in [-0.25, -0.2) is 9.89 Å². The van der Waals surface area contributed by atoms with Gasteiger partial charge in [-0.1, -0.05) is 0 Å². The highest BCUT2D eigenvalue weighted by Crippen LogP contribution is 2.13. The molecule has 5 heteroatoms. The van der Waals surface area contributed by atoms with E-state index < -0.39 is 17.1 Å². The number of ether oxygens (including phenoxy) is 1. The van der Waals surface area contributed by atoms with Crippen LogP contribution in [0.3, 0.4) is 0 Å². The average molecular weight is 224 g/mol. The molecule has 1 aromatic heterocycles. The van der Waals surface area contributed by atoms with E-state index in [2.05, 4.69) is 10.2 Å². The average Bonchev–Trinajstić information content (AvgIpc) is 2.09. The fourth-order valence-corrected chi connectivity index (χ4v) is 1.20. The highest BCUT2D eigenvalue weighted by Gasteiger charge is 2.23. The second-order valence-electron chi connectivity index (χ2n) is 4.64. The van der Waals surface area contributed by atoms with Crippen LogP contribution >= 0.6 is 0 Å². The molecule has 5 nitrogen and oxygen atoms in total. The summed E-state index contributed by atoms with van der Waals surface area (Å²) in [6.07, 6.45) is 0. The Hall–Kier alpha value is -1.65. The Balaban J connectivity index is 3.19. The molecule has 16 heavy (non-hydrogen) atoms. The number of hydrogen-bond donors (Lipinski definition) is 1. The Morgan fingerprint density at radius 3 is 2.38 bits per heavy atom. The van der Waals surface area contributed by atoms with Crippen molar-refractivity contribution in [3.8, 4) is 0 Å². The van der Waals surface area contributed by atoms with Gasteiger partial charge in [-0.05, 0) is 40.2 Å². The Kier molecular flexibility index (Phi) is 3.16. The van der Waals surface area contributed by atoms with Crippen LogP contribution in [0.25, 0.3) is 0 Å². The fourth-order valence-electron chi connectivity index (χ4n) is 1.20. The summed E-state index contributed by atoms with van der Waals surface area (Å²) in [6, 6.07) is 0. The number of carbonyl (C=O) groups excluding carboxylic acids is 1. The normalized spacial score (nSPS) is 11.3. The summed E-state index contributed by atoms with van der Waals surface area (Å²) < 4.78 is 5.15. The summed E-state index contributed by atoms with van der Waals surface area (Å²) in [5.74, 6) is -0.614. The van der Waals surface area contributed by atoms with E-state index in [1.165, 1.54) is 0 Å². The zero-order valence-electron chi connectivity index (χ0n) is 10.2. The molecule has 0 fully saturated rings. The number of esters is 1. The molecule has 0 spiro atoms. The van der Waals surface area contributed by atoms with E-state index in [9.17, 15) is 9.59 Å². The van der Waals surface area contributed by atoms with E-state index >= 15 is 0 Å². The highest BCUT2D eigenvalue weighted by atomic mass is 16.6. The number of aryl methyl sites for hydroxylation is 1. The minimum atomic E-state index is -0.618. The maximum Gasteiger partial charge on any atom is 0.344 e. The first-order valence-corrected chi connectivity index (χ1v) is 5.01. The number of aromatic amines is 1. The van der Waals surface area contributed by atoms with Gasteiger partial charge in [0.2, 0.25) is 0 Å². The number of nitrogens with zero attached hydrogens (tertiary/aromatic N) is 1. The summed E-state index contributed by atoms with van der Waals surface area (Å²) in [4.78, 5) is 23.3. The molecule has 1 heterocycles. The predicted octanol–water partition coefficient (Wildman–Crippen LogP) is 1.34. The van der Waals surface area contributed by atoms with E-state index in [1.807, 2.05) is 0 Å². The van der Waals surface area contributed by atoms with Crippen molar-refractivity contribution >= 4 is 5.97 Å². The van der Waals surface area contributed by atoms with Gasteiger partial charge < -0.3 is 4.74 Å². The molecular weight excluding hydrogens is 208 g/mol. The second kappa shape index (κ2) is 4.08. The second-order valence-corrected chi connectivity index (χ2v) is 4.64. The minimum absolute atomic E-state index is 0.0300. The van der Waals surface area contributed by atoms with Crippen LogP contribution in [0, 0.1) is 13.8 Å². The molecule has 0 unspecified atom stereocenters. The van der Waals surface area contributed by atoms with Crippen molar-refractivity contribution in [2.24, 2.45) is 0 Å². The molecule has 1 rings (SSSR count). The maximum atomic E-state index is 11.8. The molecule has 1 N–H and O–H groups in total. The number of nitrogens with one attached hydrogen (secondary N) is 1. The zero-order valence-corrected chi connectivity index (χ0v) is 10.2. The first-order valence-electron chi connectivity index (χ1n) is 5.01. The van der Waals surface area contributed by atoms with Crippen LogP contribution in [-0.4, -0.2) is 21.8 Å². The van der Waals surface area contributed by atoms with Crippen LogP contribution in [0.1, 0.15) is 42.4 Å². The number of hydrogen-bond acceptors (Lipinski definition) is 4. The topological polar surface area (TPSA) is 72.0 Å². The van der Waals surface area contributed by atoms with Gasteiger partial charge in [0.1, 0.15) is 11.2 Å². The van der Waals surface area contributed by atoms with Crippen molar-refractivity contribution in [1.82, 2.24) is 10.2 Å². The van der Waals surface area contributed by atoms with Gasteiger partial charge in [0.05, 0.1) is 5.69 Å². The van der Waals surface area contributed by atoms with Crippen LogP contribution in [0.5, 0.6) is 0 Å². The van der Waals surface area contributed by atoms with Gasteiger partial charge in [0.25, 0.3) is 5.56 Å². The standard InChI is InChI=1S/C11H16N2O3/c1-6-7(2)12-13-9(14)8(6)10(15)16-11(3,4)5/h1-5H3,(H,13,14). The molecule has 0 saturated carbocycles. The van der Waals surface area contributed by atoms with Crippen molar-refractivity contribution in [2.45, 2.75) is 40.2 Å². The van der Waals surface area contributed by atoms with E-state index in [4.69, 9.17) is 4.74 Å².